The van der Waals surface area contributed by atoms with Gasteiger partial charge in [-0.25, -0.2) is 9.13 Å². The molecule has 592 valence electrons. The second-order valence-corrected chi connectivity index (χ2v) is 28.8. The molecule has 0 aromatic rings. The summed E-state index contributed by atoms with van der Waals surface area (Å²) < 4.78 is 68.4. The molecule has 0 radical (unpaired) electrons. The van der Waals surface area contributed by atoms with Crippen molar-refractivity contribution in [2.24, 2.45) is 0 Å². The molecule has 0 bridgehead atoms. The van der Waals surface area contributed by atoms with Crippen LogP contribution in [0.1, 0.15) is 297 Å². The van der Waals surface area contributed by atoms with Gasteiger partial charge in [-0.2, -0.15) is 0 Å². The van der Waals surface area contributed by atoms with Crippen LogP contribution in [0.15, 0.2) is 158 Å². The summed E-state index contributed by atoms with van der Waals surface area (Å²) in [6.45, 7) is 4.44. The molecule has 0 saturated heterocycles. The fourth-order valence-electron chi connectivity index (χ4n) is 9.95. The molecule has 19 heteroatoms. The Hall–Kier alpha value is -5.32. The molecule has 3 N–H and O–H groups in total. The first-order valence-corrected chi connectivity index (χ1v) is 42.7. The van der Waals surface area contributed by atoms with Gasteiger partial charge in [0.05, 0.1) is 26.4 Å². The Kier molecular flexibility index (Phi) is 72.0. The Balaban J connectivity index is 5.45. The van der Waals surface area contributed by atoms with Gasteiger partial charge >= 0.3 is 39.5 Å². The van der Waals surface area contributed by atoms with Gasteiger partial charge in [0.1, 0.15) is 19.3 Å². The first kappa shape index (κ1) is 98.7. The highest BCUT2D eigenvalue weighted by Crippen LogP contribution is 2.45. The van der Waals surface area contributed by atoms with Crippen LogP contribution < -0.4 is 0 Å². The second kappa shape index (κ2) is 75.9. The van der Waals surface area contributed by atoms with E-state index in [9.17, 15) is 43.2 Å². The summed E-state index contributed by atoms with van der Waals surface area (Å²) in [5, 5.41) is 10.6. The maximum Gasteiger partial charge on any atom is 0.472 e. The second-order valence-electron chi connectivity index (χ2n) is 25.9. The number of esters is 4. The zero-order valence-corrected chi connectivity index (χ0v) is 66.4. The average molecular weight is 1500 g/mol. The van der Waals surface area contributed by atoms with Gasteiger partial charge < -0.3 is 33.8 Å². The summed E-state index contributed by atoms with van der Waals surface area (Å²) in [7, 11) is -10.00. The van der Waals surface area contributed by atoms with Crippen LogP contribution in [-0.2, 0) is 65.4 Å². The van der Waals surface area contributed by atoms with E-state index in [0.717, 1.165) is 180 Å². The van der Waals surface area contributed by atoms with Crippen LogP contribution in [0.3, 0.4) is 0 Å². The fraction of sp³-hybridized carbons (Fsp3) is 0.647. The SMILES string of the molecule is CC/C=C\C/C=C\C/C=C\C/C=C\C/C=C\C/C=C\CCC(=O)OCC(COP(=O)(O)OCC(O)COP(=O)(O)OCC(COC(=O)CCCCCCC/C=C\C/C=C\C/C=C\CC)OC(=O)CCCCCCC/C=C\CCCC)OC(=O)CCCCCCCC/C=C\C/C=C\C/C=C\CCCCC. The van der Waals surface area contributed by atoms with E-state index in [0.29, 0.717) is 32.1 Å². The summed E-state index contributed by atoms with van der Waals surface area (Å²) in [5.41, 5.74) is 0. The molecule has 5 unspecified atom stereocenters. The average Bonchev–Trinajstić information content (AvgIpc) is 0.928. The zero-order valence-electron chi connectivity index (χ0n) is 64.6. The van der Waals surface area contributed by atoms with Gasteiger partial charge in [-0.1, -0.05) is 276 Å². The zero-order chi connectivity index (χ0) is 76.0. The maximum absolute atomic E-state index is 13.1. The molecule has 0 heterocycles. The highest BCUT2D eigenvalue weighted by molar-refractivity contribution is 7.47. The Labute approximate surface area is 629 Å². The van der Waals surface area contributed by atoms with Crippen LogP contribution in [0.5, 0.6) is 0 Å². The van der Waals surface area contributed by atoms with Crippen molar-refractivity contribution in [3.63, 3.8) is 0 Å². The van der Waals surface area contributed by atoms with E-state index in [2.05, 4.69) is 167 Å². The molecular formula is C85H140O17P2. The molecule has 0 aromatic heterocycles. The van der Waals surface area contributed by atoms with Crippen molar-refractivity contribution in [1.29, 1.82) is 0 Å². The number of carbonyl (C=O) groups excluding carboxylic acids is 4. The van der Waals surface area contributed by atoms with Crippen molar-refractivity contribution in [2.75, 3.05) is 39.6 Å². The summed E-state index contributed by atoms with van der Waals surface area (Å²) in [6.07, 6.45) is 88.1. The molecule has 0 aliphatic heterocycles. The Morgan fingerprint density at radius 2 is 0.529 bits per heavy atom. The summed E-state index contributed by atoms with van der Waals surface area (Å²) in [5.74, 6) is -2.32. The van der Waals surface area contributed by atoms with Gasteiger partial charge in [0.25, 0.3) is 0 Å². The van der Waals surface area contributed by atoms with Gasteiger partial charge in [0, 0.05) is 25.7 Å². The number of aliphatic hydroxyl groups excluding tert-OH is 1. The van der Waals surface area contributed by atoms with E-state index in [1.807, 2.05) is 18.2 Å². The van der Waals surface area contributed by atoms with Crippen molar-refractivity contribution in [3.8, 4) is 0 Å². The summed E-state index contributed by atoms with van der Waals surface area (Å²) >= 11 is 0. The van der Waals surface area contributed by atoms with Crippen LogP contribution in [-0.4, -0.2) is 96.7 Å². The Morgan fingerprint density at radius 3 is 0.865 bits per heavy atom. The van der Waals surface area contributed by atoms with Crippen LogP contribution >= 0.6 is 15.6 Å². The van der Waals surface area contributed by atoms with E-state index in [-0.39, 0.29) is 25.7 Å². The predicted octanol–water partition coefficient (Wildman–Crippen LogP) is 23.2. The lowest BCUT2D eigenvalue weighted by molar-refractivity contribution is -0.161. The first-order chi connectivity index (χ1) is 50.7. The number of rotatable bonds is 73. The van der Waals surface area contributed by atoms with E-state index in [1.54, 1.807) is 0 Å². The number of unbranched alkanes of at least 4 members (excludes halogenated alkanes) is 21. The van der Waals surface area contributed by atoms with Gasteiger partial charge in [-0.3, -0.25) is 37.3 Å². The first-order valence-electron chi connectivity index (χ1n) is 39.7. The van der Waals surface area contributed by atoms with Crippen LogP contribution in [0.4, 0.5) is 0 Å². The molecule has 0 rings (SSSR count). The topological polar surface area (TPSA) is 237 Å². The molecule has 0 aromatic carbocycles. The van der Waals surface area contributed by atoms with E-state index < -0.39 is 97.5 Å². The van der Waals surface area contributed by atoms with Crippen LogP contribution in [0, 0.1) is 0 Å². The summed E-state index contributed by atoms with van der Waals surface area (Å²) in [4.78, 5) is 72.9. The number of phosphoric acid groups is 2. The van der Waals surface area contributed by atoms with E-state index >= 15 is 0 Å². The molecule has 0 saturated carbocycles. The smallest absolute Gasteiger partial charge is 0.462 e. The van der Waals surface area contributed by atoms with Crippen molar-refractivity contribution < 1.29 is 80.2 Å². The monoisotopic (exact) mass is 1490 g/mol. The molecule has 0 fully saturated rings. The van der Waals surface area contributed by atoms with Crippen molar-refractivity contribution in [2.45, 2.75) is 316 Å². The van der Waals surface area contributed by atoms with Gasteiger partial charge in [-0.15, -0.1) is 0 Å². The predicted molar refractivity (Wildman–Crippen MR) is 427 cm³/mol. The fourth-order valence-corrected chi connectivity index (χ4v) is 11.5. The lowest BCUT2D eigenvalue weighted by Crippen LogP contribution is -2.30. The van der Waals surface area contributed by atoms with Crippen molar-refractivity contribution >= 4 is 39.5 Å². The number of hydrogen-bond donors (Lipinski definition) is 3. The molecule has 0 aliphatic rings. The number of carbonyl (C=O) groups is 4. The molecule has 0 aliphatic carbocycles. The van der Waals surface area contributed by atoms with Crippen molar-refractivity contribution in [1.82, 2.24) is 0 Å². The number of hydrogen-bond acceptors (Lipinski definition) is 15. The van der Waals surface area contributed by atoms with Crippen molar-refractivity contribution in [3.05, 3.63) is 158 Å². The minimum atomic E-state index is -5.01. The third kappa shape index (κ3) is 74.9. The summed E-state index contributed by atoms with van der Waals surface area (Å²) in [6, 6.07) is 0. The minimum Gasteiger partial charge on any atom is -0.462 e. The van der Waals surface area contributed by atoms with Crippen LogP contribution in [0.25, 0.3) is 0 Å². The third-order valence-electron chi connectivity index (χ3n) is 16.0. The highest BCUT2D eigenvalue weighted by atomic mass is 31.2. The molecule has 0 amide bonds. The molecular weight excluding hydrogens is 1350 g/mol. The molecule has 104 heavy (non-hydrogen) atoms. The molecule has 5 atom stereocenters. The third-order valence-corrected chi connectivity index (χ3v) is 17.9. The maximum atomic E-state index is 13.1. The van der Waals surface area contributed by atoms with Gasteiger partial charge in [-0.05, 0) is 154 Å². The Bertz CT molecular complexity index is 2590. The van der Waals surface area contributed by atoms with Gasteiger partial charge in [0.2, 0.25) is 0 Å². The minimum absolute atomic E-state index is 0.0280. The normalized spacial score (nSPS) is 14.7. The van der Waals surface area contributed by atoms with Crippen LogP contribution in [0.2, 0.25) is 0 Å². The number of aliphatic hydroxyl groups is 1. The molecule has 17 nitrogen and oxygen atoms in total. The lowest BCUT2D eigenvalue weighted by Gasteiger charge is -2.21. The molecule has 0 spiro atoms. The standard InChI is InChI=1S/C85H140O17P2/c1-5-9-13-17-21-25-29-32-35-37-39-41-44-47-51-54-58-62-66-70-83(88)96-76-81(102-85(90)72-68-64-60-56-52-48-45-42-40-38-36-33-30-26-22-18-14-10-6-2)78-100-104(93,94)98-74-79(86)73-97-103(91,92)99-77-80(101-84(89)71-67-63-59-55-49-28-24-20-16-12-8-4)75-95-82(87)69-65-61-57-53-50-46-43-34-31-27-23-19-15-11-7-3/h9,11,13,15,20-27,32-36,39-43,47,51,58,62,79-81,86H,5-8,10,12,14,16-19,28-31,37-38,44-46,48-50,52-57,59-61,63-78H2,1-4H3,(H,91,92)(H,93,94)/b13-9-,15-11-,24-20-,25-21-,26-22-,27-23-,35-32-,36-33-,41-39-,42-40-,43-34-,51-47-,62-58-. The largest absolute Gasteiger partial charge is 0.472 e. The van der Waals surface area contributed by atoms with Gasteiger partial charge in [0.15, 0.2) is 12.2 Å². The number of allylic oxidation sites excluding steroid dienone is 26. The van der Waals surface area contributed by atoms with E-state index in [4.69, 9.17) is 37.0 Å². The lowest BCUT2D eigenvalue weighted by atomic mass is 10.1. The number of ether oxygens (including phenoxy) is 4. The quantitative estimate of drug-likeness (QED) is 0.0169. The number of phosphoric ester groups is 2. The van der Waals surface area contributed by atoms with E-state index in [1.165, 1.54) is 32.1 Å². The Morgan fingerprint density at radius 1 is 0.279 bits per heavy atom. The highest BCUT2D eigenvalue weighted by Gasteiger charge is 2.30.